The average Bonchev–Trinajstić information content (AvgIpc) is 2.75. The fourth-order valence-electron chi connectivity index (χ4n) is 2.18. The van der Waals surface area contributed by atoms with Crippen molar-refractivity contribution in [3.05, 3.63) is 54.1 Å². The first-order chi connectivity index (χ1) is 13.8. The number of hydrogen-bond donors (Lipinski definition) is 3. The van der Waals surface area contributed by atoms with Crippen LogP contribution in [-0.2, 0) is 19.7 Å². The van der Waals surface area contributed by atoms with Crippen LogP contribution in [0.5, 0.6) is 5.75 Å². The number of methoxy groups -OCH3 is 1. The van der Waals surface area contributed by atoms with Crippen molar-refractivity contribution in [2.75, 3.05) is 33.1 Å². The van der Waals surface area contributed by atoms with Crippen molar-refractivity contribution in [2.45, 2.75) is 4.90 Å². The Morgan fingerprint density at radius 2 is 1.72 bits per heavy atom. The van der Waals surface area contributed by atoms with Crippen molar-refractivity contribution in [3.63, 3.8) is 0 Å². The molecule has 2 aromatic rings. The summed E-state index contributed by atoms with van der Waals surface area (Å²) in [6.45, 7) is -0.0837. The summed E-state index contributed by atoms with van der Waals surface area (Å²) in [6.07, 6.45) is 0. The summed E-state index contributed by atoms with van der Waals surface area (Å²) in [5, 5.41) is 2.89. The van der Waals surface area contributed by atoms with Gasteiger partial charge in [-0.1, -0.05) is 10.5 Å². The first-order valence-electron chi connectivity index (χ1n) is 8.38. The Hall–Kier alpha value is -3.15. The predicted molar refractivity (Wildman–Crippen MR) is 105 cm³/mol. The minimum atomic E-state index is -3.90. The summed E-state index contributed by atoms with van der Waals surface area (Å²) in [4.78, 5) is 28.7. The highest BCUT2D eigenvalue weighted by atomic mass is 32.2. The van der Waals surface area contributed by atoms with E-state index >= 15 is 0 Å². The van der Waals surface area contributed by atoms with Crippen molar-refractivity contribution >= 4 is 27.5 Å². The van der Waals surface area contributed by atoms with E-state index in [2.05, 4.69) is 16.2 Å². The smallest absolute Gasteiger partial charge is 0.269 e. The minimum absolute atomic E-state index is 0.0546. The summed E-state index contributed by atoms with van der Waals surface area (Å²) in [5.74, 6) is -0.467. The maximum absolute atomic E-state index is 12.2. The number of nitrogens with one attached hydrogen (secondary N) is 3. The fourth-order valence-corrected chi connectivity index (χ4v) is 3.20. The highest BCUT2D eigenvalue weighted by Gasteiger charge is 2.22. The van der Waals surface area contributed by atoms with Crippen LogP contribution in [0.3, 0.4) is 0 Å². The number of hydroxylamine groups is 1. The van der Waals surface area contributed by atoms with E-state index in [1.165, 1.54) is 38.4 Å². The number of benzene rings is 2. The molecular formula is C18H22N4O6S. The van der Waals surface area contributed by atoms with Crippen LogP contribution in [0.15, 0.2) is 53.4 Å². The topological polar surface area (TPSA) is 126 Å². The molecule has 0 unspecified atom stereocenters. The van der Waals surface area contributed by atoms with E-state index in [4.69, 9.17) is 9.57 Å². The molecule has 29 heavy (non-hydrogen) atoms. The third-order valence-corrected chi connectivity index (χ3v) is 5.52. The molecule has 0 bridgehead atoms. The second-order valence-corrected chi connectivity index (χ2v) is 7.65. The Bertz CT molecular complexity index is 963. The van der Waals surface area contributed by atoms with Gasteiger partial charge in [-0.05, 0) is 42.5 Å². The lowest BCUT2D eigenvalue weighted by atomic mass is 10.2. The Morgan fingerprint density at radius 3 is 2.34 bits per heavy atom. The molecule has 0 aromatic heterocycles. The van der Waals surface area contributed by atoms with Crippen molar-refractivity contribution in [1.29, 1.82) is 0 Å². The summed E-state index contributed by atoms with van der Waals surface area (Å²) in [5.41, 5.74) is 5.25. The van der Waals surface area contributed by atoms with Gasteiger partial charge in [-0.15, -0.1) is 0 Å². The Balaban J connectivity index is 1.91. The van der Waals surface area contributed by atoms with Crippen LogP contribution in [-0.4, -0.2) is 52.5 Å². The van der Waals surface area contributed by atoms with E-state index in [0.717, 1.165) is 0 Å². The number of anilines is 1. The summed E-state index contributed by atoms with van der Waals surface area (Å²) >= 11 is 0. The van der Waals surface area contributed by atoms with Gasteiger partial charge in [0.2, 0.25) is 0 Å². The SMILES string of the molecule is COc1ccc(NCC(=O)NNC(=O)c2cccc(S(=O)(=O)N(C)OC)c2)cc1. The molecule has 0 radical (unpaired) electrons. The molecule has 0 spiro atoms. The highest BCUT2D eigenvalue weighted by molar-refractivity contribution is 7.89. The van der Waals surface area contributed by atoms with Crippen molar-refractivity contribution in [1.82, 2.24) is 15.3 Å². The van der Waals surface area contributed by atoms with Crippen molar-refractivity contribution in [3.8, 4) is 5.75 Å². The predicted octanol–water partition coefficient (Wildman–Crippen LogP) is 0.750. The molecule has 2 aromatic carbocycles. The molecule has 0 aliphatic rings. The van der Waals surface area contributed by atoms with Crippen LogP contribution in [0.2, 0.25) is 0 Å². The molecule has 10 nitrogen and oxygen atoms in total. The molecular weight excluding hydrogens is 400 g/mol. The molecule has 0 saturated carbocycles. The lowest BCUT2D eigenvalue weighted by Gasteiger charge is -2.14. The number of carbonyl (C=O) groups is 2. The first kappa shape index (κ1) is 22.1. The number of rotatable bonds is 8. The van der Waals surface area contributed by atoms with E-state index in [1.807, 2.05) is 0 Å². The summed E-state index contributed by atoms with van der Waals surface area (Å²) in [7, 11) is 0.105. The number of hydrazine groups is 1. The zero-order valence-electron chi connectivity index (χ0n) is 16.1. The molecule has 0 atom stereocenters. The van der Waals surface area contributed by atoms with Crippen molar-refractivity contribution < 1.29 is 27.6 Å². The summed E-state index contributed by atoms with van der Waals surface area (Å²) < 4.78 is 30.2. The van der Waals surface area contributed by atoms with Crippen LogP contribution >= 0.6 is 0 Å². The number of hydrogen-bond acceptors (Lipinski definition) is 7. The second kappa shape index (κ2) is 9.87. The standard InChI is InChI=1S/C18H22N4O6S/c1-22(28-3)29(25,26)16-6-4-5-13(11-16)18(24)21-20-17(23)12-19-14-7-9-15(27-2)10-8-14/h4-11,19H,12H2,1-3H3,(H,20,23)(H,21,24). The van der Waals surface area contributed by atoms with Crippen molar-refractivity contribution in [2.24, 2.45) is 0 Å². The number of sulfonamides is 1. The van der Waals surface area contributed by atoms with E-state index in [0.29, 0.717) is 15.9 Å². The van der Waals surface area contributed by atoms with Gasteiger partial charge < -0.3 is 10.1 Å². The highest BCUT2D eigenvalue weighted by Crippen LogP contribution is 2.16. The third kappa shape index (κ3) is 5.91. The van der Waals surface area contributed by atoms with E-state index in [-0.39, 0.29) is 17.0 Å². The molecule has 2 amide bonds. The zero-order valence-corrected chi connectivity index (χ0v) is 16.9. The molecule has 0 aliphatic carbocycles. The monoisotopic (exact) mass is 422 g/mol. The first-order valence-corrected chi connectivity index (χ1v) is 9.82. The largest absolute Gasteiger partial charge is 0.497 e. The van der Waals surface area contributed by atoms with Gasteiger partial charge in [0.05, 0.1) is 25.7 Å². The molecule has 3 N–H and O–H groups in total. The van der Waals surface area contributed by atoms with Crippen LogP contribution in [0, 0.1) is 0 Å². The fraction of sp³-hybridized carbons (Fsp3) is 0.222. The Morgan fingerprint density at radius 1 is 1.03 bits per heavy atom. The number of nitrogens with zero attached hydrogens (tertiary/aromatic N) is 1. The number of ether oxygens (including phenoxy) is 1. The maximum atomic E-state index is 12.2. The molecule has 156 valence electrons. The van der Waals surface area contributed by atoms with Gasteiger partial charge in [0.15, 0.2) is 0 Å². The van der Waals surface area contributed by atoms with Crippen LogP contribution in [0.1, 0.15) is 10.4 Å². The van der Waals surface area contributed by atoms with Gasteiger partial charge in [0, 0.05) is 18.3 Å². The summed E-state index contributed by atoms with van der Waals surface area (Å²) in [6, 6.07) is 12.3. The normalized spacial score (nSPS) is 11.0. The average molecular weight is 422 g/mol. The molecule has 11 heteroatoms. The van der Waals surface area contributed by atoms with E-state index in [9.17, 15) is 18.0 Å². The molecule has 0 fully saturated rings. The van der Waals surface area contributed by atoms with Crippen LogP contribution in [0.4, 0.5) is 5.69 Å². The van der Waals surface area contributed by atoms with Crippen LogP contribution in [0.25, 0.3) is 0 Å². The zero-order chi connectivity index (χ0) is 21.4. The third-order valence-electron chi connectivity index (χ3n) is 3.85. The minimum Gasteiger partial charge on any atom is -0.497 e. The van der Waals surface area contributed by atoms with Gasteiger partial charge in [-0.2, -0.15) is 0 Å². The Labute approximate surface area is 168 Å². The molecule has 0 heterocycles. The lowest BCUT2D eigenvalue weighted by Crippen LogP contribution is -2.44. The van der Waals surface area contributed by atoms with Gasteiger partial charge >= 0.3 is 0 Å². The molecule has 2 rings (SSSR count). The molecule has 0 aliphatic heterocycles. The molecule has 0 saturated heterocycles. The van der Waals surface area contributed by atoms with E-state index in [1.54, 1.807) is 31.4 Å². The van der Waals surface area contributed by atoms with Gasteiger partial charge in [-0.3, -0.25) is 25.3 Å². The maximum Gasteiger partial charge on any atom is 0.269 e. The van der Waals surface area contributed by atoms with Gasteiger partial charge in [0.25, 0.3) is 21.8 Å². The Kier molecular flexibility index (Phi) is 7.53. The lowest BCUT2D eigenvalue weighted by molar-refractivity contribution is -0.120. The van der Waals surface area contributed by atoms with E-state index < -0.39 is 21.8 Å². The van der Waals surface area contributed by atoms with Gasteiger partial charge in [-0.25, -0.2) is 8.42 Å². The van der Waals surface area contributed by atoms with Crippen LogP contribution < -0.4 is 20.9 Å². The second-order valence-electron chi connectivity index (χ2n) is 5.71. The van der Waals surface area contributed by atoms with Gasteiger partial charge in [0.1, 0.15) is 5.75 Å². The number of amides is 2. The quantitative estimate of drug-likeness (QED) is 0.536. The number of carbonyl (C=O) groups excluding carboxylic acids is 2.